The number of nitrogens with two attached hydrogens (primary N) is 3. The van der Waals surface area contributed by atoms with Gasteiger partial charge in [0.15, 0.2) is 0 Å². The van der Waals surface area contributed by atoms with Gasteiger partial charge in [0.2, 0.25) is 0 Å². The van der Waals surface area contributed by atoms with Crippen LogP contribution < -0.4 is 17.2 Å². The topological polar surface area (TPSA) is 78.1 Å². The molecule has 0 unspecified atom stereocenters. The molecule has 0 amide bonds. The number of nitrogen functional groups attached to an aromatic ring is 2. The molecule has 0 heterocycles. The van der Waals surface area contributed by atoms with Crippen molar-refractivity contribution in [2.45, 2.75) is 32.2 Å². The molecule has 3 heteroatoms. The first kappa shape index (κ1) is 10.9. The molecule has 78 valence electrons. The summed E-state index contributed by atoms with van der Waals surface area (Å²) < 4.78 is 0. The molecule has 0 aliphatic heterocycles. The molecule has 3 nitrogen and oxygen atoms in total. The maximum Gasteiger partial charge on any atom is 0.0599 e. The predicted octanol–water partition coefficient (Wildman–Crippen LogP) is 1.83. The second-order valence-electron chi connectivity index (χ2n) is 3.67. The van der Waals surface area contributed by atoms with Gasteiger partial charge in [-0.05, 0) is 24.5 Å². The second-order valence-corrected chi connectivity index (χ2v) is 3.67. The zero-order chi connectivity index (χ0) is 10.8. The van der Waals surface area contributed by atoms with Crippen LogP contribution in [-0.4, -0.2) is 0 Å². The van der Waals surface area contributed by atoms with Crippen molar-refractivity contribution >= 4 is 11.4 Å². The van der Waals surface area contributed by atoms with E-state index < -0.39 is 0 Å². The van der Waals surface area contributed by atoms with E-state index in [1.165, 1.54) is 0 Å². The molecule has 0 saturated carbocycles. The first-order valence-electron chi connectivity index (χ1n) is 4.98. The van der Waals surface area contributed by atoms with Crippen LogP contribution in [0.4, 0.5) is 11.4 Å². The minimum Gasteiger partial charge on any atom is -0.397 e. The fraction of sp³-hybridized carbons (Fsp3) is 0.455. The fourth-order valence-corrected chi connectivity index (χ4v) is 1.65. The van der Waals surface area contributed by atoms with Crippen molar-refractivity contribution in [1.82, 2.24) is 0 Å². The molecule has 14 heavy (non-hydrogen) atoms. The van der Waals surface area contributed by atoms with Crippen LogP contribution in [0, 0.1) is 0 Å². The third kappa shape index (κ3) is 1.68. The van der Waals surface area contributed by atoms with Gasteiger partial charge >= 0.3 is 0 Å². The fourth-order valence-electron chi connectivity index (χ4n) is 1.65. The number of anilines is 2. The summed E-state index contributed by atoms with van der Waals surface area (Å²) in [5.74, 6) is 0. The van der Waals surface area contributed by atoms with E-state index in [9.17, 15) is 0 Å². The molecule has 1 aromatic rings. The standard InChI is InChI=1S/C11H19N3/c1-3-11(14,4-2)8-6-5-7-9(12)10(8)13/h5-7H,3-4,12-14H2,1-2H3. The number of benzene rings is 1. The zero-order valence-electron chi connectivity index (χ0n) is 8.88. The Labute approximate surface area is 85.3 Å². The lowest BCUT2D eigenvalue weighted by Crippen LogP contribution is -2.36. The summed E-state index contributed by atoms with van der Waals surface area (Å²) in [5.41, 5.74) is 19.8. The van der Waals surface area contributed by atoms with Gasteiger partial charge in [0.05, 0.1) is 11.4 Å². The smallest absolute Gasteiger partial charge is 0.0599 e. The van der Waals surface area contributed by atoms with Gasteiger partial charge in [-0.3, -0.25) is 0 Å². The molecule has 0 fully saturated rings. The van der Waals surface area contributed by atoms with Crippen molar-refractivity contribution in [3.63, 3.8) is 0 Å². The van der Waals surface area contributed by atoms with Crippen molar-refractivity contribution < 1.29 is 0 Å². The highest BCUT2D eigenvalue weighted by Crippen LogP contribution is 2.32. The number of hydrogen-bond acceptors (Lipinski definition) is 3. The second kappa shape index (κ2) is 3.88. The van der Waals surface area contributed by atoms with E-state index in [1.807, 2.05) is 12.1 Å². The molecule has 0 saturated heterocycles. The highest BCUT2D eigenvalue weighted by Gasteiger charge is 2.25. The van der Waals surface area contributed by atoms with Crippen LogP contribution in [0.5, 0.6) is 0 Å². The van der Waals surface area contributed by atoms with Gasteiger partial charge in [0, 0.05) is 5.54 Å². The van der Waals surface area contributed by atoms with Gasteiger partial charge < -0.3 is 17.2 Å². The van der Waals surface area contributed by atoms with Gasteiger partial charge in [-0.25, -0.2) is 0 Å². The van der Waals surface area contributed by atoms with Crippen LogP contribution in [0.15, 0.2) is 18.2 Å². The van der Waals surface area contributed by atoms with E-state index in [-0.39, 0.29) is 5.54 Å². The molecule has 0 atom stereocenters. The Morgan fingerprint density at radius 2 is 1.71 bits per heavy atom. The van der Waals surface area contributed by atoms with Crippen molar-refractivity contribution in [2.75, 3.05) is 11.5 Å². The van der Waals surface area contributed by atoms with Gasteiger partial charge in [0.1, 0.15) is 0 Å². The normalized spacial score (nSPS) is 11.6. The molecule has 1 rings (SSSR count). The summed E-state index contributed by atoms with van der Waals surface area (Å²) >= 11 is 0. The average Bonchev–Trinajstić information content (AvgIpc) is 2.21. The first-order chi connectivity index (χ1) is 6.55. The quantitative estimate of drug-likeness (QED) is 0.641. The number of para-hydroxylation sites is 1. The van der Waals surface area contributed by atoms with Crippen LogP contribution in [0.3, 0.4) is 0 Å². The van der Waals surface area contributed by atoms with Crippen molar-refractivity contribution in [3.05, 3.63) is 23.8 Å². The Kier molecular flexibility index (Phi) is 3.01. The number of rotatable bonds is 3. The third-order valence-corrected chi connectivity index (χ3v) is 2.94. The Morgan fingerprint density at radius 3 is 2.21 bits per heavy atom. The summed E-state index contributed by atoms with van der Waals surface area (Å²) in [6.45, 7) is 4.12. The molecule has 0 bridgehead atoms. The van der Waals surface area contributed by atoms with Crippen LogP contribution in [0.25, 0.3) is 0 Å². The number of hydrogen-bond donors (Lipinski definition) is 3. The Bertz CT molecular complexity index is 316. The molecule has 0 aliphatic rings. The van der Waals surface area contributed by atoms with Crippen LogP contribution in [0.1, 0.15) is 32.3 Å². The lowest BCUT2D eigenvalue weighted by atomic mass is 9.84. The zero-order valence-corrected chi connectivity index (χ0v) is 8.88. The minimum absolute atomic E-state index is 0.348. The summed E-state index contributed by atoms with van der Waals surface area (Å²) in [5, 5.41) is 0. The van der Waals surface area contributed by atoms with Gasteiger partial charge in [0.25, 0.3) is 0 Å². The van der Waals surface area contributed by atoms with E-state index in [1.54, 1.807) is 6.07 Å². The summed E-state index contributed by atoms with van der Waals surface area (Å²) in [6, 6.07) is 5.65. The molecule has 6 N–H and O–H groups in total. The molecule has 0 aliphatic carbocycles. The van der Waals surface area contributed by atoms with Gasteiger partial charge in [-0.2, -0.15) is 0 Å². The molecule has 0 radical (unpaired) electrons. The van der Waals surface area contributed by atoms with Crippen LogP contribution in [0.2, 0.25) is 0 Å². The van der Waals surface area contributed by atoms with E-state index >= 15 is 0 Å². The molecule has 0 aromatic heterocycles. The Morgan fingerprint density at radius 1 is 1.14 bits per heavy atom. The highest BCUT2D eigenvalue weighted by atomic mass is 14.8. The van der Waals surface area contributed by atoms with E-state index in [4.69, 9.17) is 17.2 Å². The predicted molar refractivity (Wildman–Crippen MR) is 61.7 cm³/mol. The van der Waals surface area contributed by atoms with Crippen molar-refractivity contribution in [3.8, 4) is 0 Å². The Hall–Kier alpha value is -1.22. The van der Waals surface area contributed by atoms with E-state index in [0.29, 0.717) is 11.4 Å². The maximum atomic E-state index is 6.25. The van der Waals surface area contributed by atoms with E-state index in [0.717, 1.165) is 18.4 Å². The molecule has 1 aromatic carbocycles. The van der Waals surface area contributed by atoms with Crippen molar-refractivity contribution in [1.29, 1.82) is 0 Å². The Balaban J connectivity index is 3.24. The molecular weight excluding hydrogens is 174 g/mol. The van der Waals surface area contributed by atoms with Crippen molar-refractivity contribution in [2.24, 2.45) is 5.73 Å². The maximum absolute atomic E-state index is 6.25. The van der Waals surface area contributed by atoms with Gasteiger partial charge in [-0.1, -0.05) is 26.0 Å². The van der Waals surface area contributed by atoms with Crippen LogP contribution in [-0.2, 0) is 5.54 Å². The average molecular weight is 193 g/mol. The third-order valence-electron chi connectivity index (χ3n) is 2.94. The first-order valence-corrected chi connectivity index (χ1v) is 4.98. The lowest BCUT2D eigenvalue weighted by molar-refractivity contribution is 0.414. The van der Waals surface area contributed by atoms with Crippen LogP contribution >= 0.6 is 0 Å². The summed E-state index contributed by atoms with van der Waals surface area (Å²) in [6.07, 6.45) is 1.72. The molecule has 0 spiro atoms. The SMILES string of the molecule is CCC(N)(CC)c1cccc(N)c1N. The largest absolute Gasteiger partial charge is 0.397 e. The summed E-state index contributed by atoms with van der Waals surface area (Å²) in [4.78, 5) is 0. The molecular formula is C11H19N3. The monoisotopic (exact) mass is 193 g/mol. The highest BCUT2D eigenvalue weighted by molar-refractivity contribution is 5.68. The van der Waals surface area contributed by atoms with E-state index in [2.05, 4.69) is 13.8 Å². The summed E-state index contributed by atoms with van der Waals surface area (Å²) in [7, 11) is 0. The lowest BCUT2D eigenvalue weighted by Gasteiger charge is -2.29. The van der Waals surface area contributed by atoms with Gasteiger partial charge in [-0.15, -0.1) is 0 Å². The minimum atomic E-state index is -0.348.